The molecule has 0 spiro atoms. The number of hydrogen-bond donors (Lipinski definition) is 0. The molecule has 2 bridgehead atoms. The first-order valence-electron chi connectivity index (χ1n) is 6.85. The molecule has 0 saturated heterocycles. The van der Waals surface area contributed by atoms with Gasteiger partial charge in [-0.15, -0.1) is 0 Å². The van der Waals surface area contributed by atoms with Crippen LogP contribution < -0.4 is 0 Å². The summed E-state index contributed by atoms with van der Waals surface area (Å²) in [4.78, 5) is 0. The molecule has 14 heavy (non-hydrogen) atoms. The van der Waals surface area contributed by atoms with Gasteiger partial charge in [-0.2, -0.15) is 0 Å². The van der Waals surface area contributed by atoms with E-state index in [1.54, 1.807) is 25.7 Å². The second kappa shape index (κ2) is 3.25. The summed E-state index contributed by atoms with van der Waals surface area (Å²) in [5, 5.41) is 0. The summed E-state index contributed by atoms with van der Waals surface area (Å²) in [6, 6.07) is 0. The lowest BCUT2D eigenvalue weighted by molar-refractivity contribution is 0.195. The Balaban J connectivity index is 1.84. The summed E-state index contributed by atoms with van der Waals surface area (Å²) < 4.78 is 0. The highest BCUT2D eigenvalue weighted by Gasteiger charge is 2.55. The van der Waals surface area contributed by atoms with Crippen LogP contribution in [0.4, 0.5) is 0 Å². The molecular formula is C14H24. The van der Waals surface area contributed by atoms with Gasteiger partial charge in [0.05, 0.1) is 0 Å². The first-order chi connectivity index (χ1) is 6.85. The fourth-order valence-corrected chi connectivity index (χ4v) is 5.39. The fourth-order valence-electron chi connectivity index (χ4n) is 5.39. The van der Waals surface area contributed by atoms with Crippen LogP contribution >= 0.6 is 0 Å². The van der Waals surface area contributed by atoms with E-state index in [1.165, 1.54) is 24.7 Å². The Bertz CT molecular complexity index is 220. The van der Waals surface area contributed by atoms with Crippen LogP contribution in [0.1, 0.15) is 52.4 Å². The van der Waals surface area contributed by atoms with E-state index in [-0.39, 0.29) is 0 Å². The Morgan fingerprint density at radius 3 is 2.43 bits per heavy atom. The van der Waals surface area contributed by atoms with Gasteiger partial charge in [0.1, 0.15) is 0 Å². The zero-order chi connectivity index (χ0) is 9.71. The molecule has 3 fully saturated rings. The lowest BCUT2D eigenvalue weighted by atomic mass is 9.76. The van der Waals surface area contributed by atoms with Crippen LogP contribution in [0.25, 0.3) is 0 Å². The van der Waals surface area contributed by atoms with E-state index in [1.807, 2.05) is 0 Å². The summed E-state index contributed by atoms with van der Waals surface area (Å²) in [6.45, 7) is 4.85. The molecule has 0 radical (unpaired) electrons. The molecular weight excluding hydrogens is 168 g/mol. The van der Waals surface area contributed by atoms with Crippen LogP contribution in [-0.2, 0) is 0 Å². The molecule has 0 aromatic rings. The molecule has 0 N–H and O–H groups in total. The third-order valence-electron chi connectivity index (χ3n) is 5.83. The molecule has 0 aliphatic heterocycles. The number of hydrogen-bond acceptors (Lipinski definition) is 0. The Morgan fingerprint density at radius 2 is 1.71 bits per heavy atom. The van der Waals surface area contributed by atoms with Crippen molar-refractivity contribution >= 4 is 0 Å². The predicted octanol–water partition coefficient (Wildman–Crippen LogP) is 4.10. The third kappa shape index (κ3) is 1.06. The SMILES string of the molecule is CCC1CC2C3CCC(C3)C2C1CC. The van der Waals surface area contributed by atoms with Crippen molar-refractivity contribution < 1.29 is 0 Å². The molecule has 0 amide bonds. The molecule has 0 nitrogen and oxygen atoms in total. The van der Waals surface area contributed by atoms with Gasteiger partial charge in [-0.1, -0.05) is 26.7 Å². The number of fused-ring (bicyclic) bond motifs is 5. The molecule has 0 aromatic carbocycles. The molecule has 3 aliphatic carbocycles. The minimum absolute atomic E-state index is 1.10. The lowest BCUT2D eigenvalue weighted by Gasteiger charge is -2.29. The fraction of sp³-hybridized carbons (Fsp3) is 1.00. The Morgan fingerprint density at radius 1 is 0.929 bits per heavy atom. The maximum atomic E-state index is 2.43. The highest BCUT2D eigenvalue weighted by Crippen LogP contribution is 2.63. The monoisotopic (exact) mass is 192 g/mol. The molecule has 3 saturated carbocycles. The van der Waals surface area contributed by atoms with E-state index >= 15 is 0 Å². The van der Waals surface area contributed by atoms with E-state index in [4.69, 9.17) is 0 Å². The van der Waals surface area contributed by atoms with Crippen LogP contribution in [0, 0.1) is 35.5 Å². The van der Waals surface area contributed by atoms with Crippen molar-refractivity contribution in [2.75, 3.05) is 0 Å². The molecule has 0 heterocycles. The van der Waals surface area contributed by atoms with Gasteiger partial charge < -0.3 is 0 Å². The third-order valence-corrected chi connectivity index (χ3v) is 5.83. The zero-order valence-electron chi connectivity index (χ0n) is 9.71. The maximum absolute atomic E-state index is 2.43. The lowest BCUT2D eigenvalue weighted by Crippen LogP contribution is -2.22. The second-order valence-electron chi connectivity index (χ2n) is 6.05. The van der Waals surface area contributed by atoms with Crippen molar-refractivity contribution in [1.29, 1.82) is 0 Å². The van der Waals surface area contributed by atoms with Gasteiger partial charge in [-0.05, 0) is 61.2 Å². The normalized spacial score (nSPS) is 55.3. The maximum Gasteiger partial charge on any atom is -0.0324 e. The van der Waals surface area contributed by atoms with Crippen molar-refractivity contribution in [3.8, 4) is 0 Å². The van der Waals surface area contributed by atoms with Gasteiger partial charge >= 0.3 is 0 Å². The molecule has 80 valence electrons. The summed E-state index contributed by atoms with van der Waals surface area (Å²) >= 11 is 0. The molecule has 0 aromatic heterocycles. The van der Waals surface area contributed by atoms with Crippen LogP contribution in [-0.4, -0.2) is 0 Å². The molecule has 3 aliphatic rings. The van der Waals surface area contributed by atoms with Crippen molar-refractivity contribution in [2.24, 2.45) is 35.5 Å². The largest absolute Gasteiger partial charge is 0.0651 e. The van der Waals surface area contributed by atoms with Gasteiger partial charge in [0.25, 0.3) is 0 Å². The summed E-state index contributed by atoms with van der Waals surface area (Å²) in [5.41, 5.74) is 0. The van der Waals surface area contributed by atoms with Crippen molar-refractivity contribution in [3.63, 3.8) is 0 Å². The predicted molar refractivity (Wildman–Crippen MR) is 60.0 cm³/mol. The topological polar surface area (TPSA) is 0 Å². The molecule has 6 atom stereocenters. The first kappa shape index (κ1) is 9.24. The molecule has 6 unspecified atom stereocenters. The van der Waals surface area contributed by atoms with E-state index in [0.29, 0.717) is 0 Å². The summed E-state index contributed by atoms with van der Waals surface area (Å²) in [5.74, 6) is 6.87. The van der Waals surface area contributed by atoms with Gasteiger partial charge in [0.2, 0.25) is 0 Å². The minimum Gasteiger partial charge on any atom is -0.0651 e. The smallest absolute Gasteiger partial charge is 0.0324 e. The molecule has 0 heteroatoms. The van der Waals surface area contributed by atoms with Gasteiger partial charge in [-0.25, -0.2) is 0 Å². The number of rotatable bonds is 2. The van der Waals surface area contributed by atoms with E-state index in [2.05, 4.69) is 13.8 Å². The Hall–Kier alpha value is 0. The quantitative estimate of drug-likeness (QED) is 0.618. The average molecular weight is 192 g/mol. The minimum atomic E-state index is 1.10. The standard InChI is InChI=1S/C14H24/c1-3-9-8-13-10-5-6-11(7-10)14(13)12(9)4-2/h9-14H,3-8H2,1-2H3. The van der Waals surface area contributed by atoms with E-state index in [0.717, 1.165) is 23.7 Å². The van der Waals surface area contributed by atoms with Gasteiger partial charge in [0.15, 0.2) is 0 Å². The summed E-state index contributed by atoms with van der Waals surface area (Å²) in [7, 11) is 0. The zero-order valence-corrected chi connectivity index (χ0v) is 9.71. The van der Waals surface area contributed by atoms with E-state index in [9.17, 15) is 0 Å². The van der Waals surface area contributed by atoms with E-state index < -0.39 is 0 Å². The van der Waals surface area contributed by atoms with Crippen molar-refractivity contribution in [3.05, 3.63) is 0 Å². The second-order valence-corrected chi connectivity index (χ2v) is 6.05. The summed E-state index contributed by atoms with van der Waals surface area (Å²) in [6.07, 6.45) is 9.29. The van der Waals surface area contributed by atoms with Crippen LogP contribution in [0.5, 0.6) is 0 Å². The van der Waals surface area contributed by atoms with Crippen LogP contribution in [0.15, 0.2) is 0 Å². The highest BCUT2D eigenvalue weighted by atomic mass is 14.6. The molecule has 3 rings (SSSR count). The Kier molecular flexibility index (Phi) is 2.15. The van der Waals surface area contributed by atoms with Crippen molar-refractivity contribution in [2.45, 2.75) is 52.4 Å². The van der Waals surface area contributed by atoms with Crippen LogP contribution in [0.3, 0.4) is 0 Å². The Labute approximate surface area is 88.5 Å². The van der Waals surface area contributed by atoms with Crippen molar-refractivity contribution in [1.82, 2.24) is 0 Å². The van der Waals surface area contributed by atoms with Gasteiger partial charge in [0, 0.05) is 0 Å². The van der Waals surface area contributed by atoms with Gasteiger partial charge in [-0.3, -0.25) is 0 Å². The highest BCUT2D eigenvalue weighted by molar-refractivity contribution is 5.04. The average Bonchev–Trinajstić information content (AvgIpc) is 2.87. The first-order valence-corrected chi connectivity index (χ1v) is 6.85. The van der Waals surface area contributed by atoms with Crippen LogP contribution in [0.2, 0.25) is 0 Å².